The third-order valence-electron chi connectivity index (χ3n) is 15.8. The second-order valence-corrected chi connectivity index (χ2v) is 25.9. The largest absolute Gasteiger partial charge is 1.00 e. The van der Waals surface area contributed by atoms with Gasteiger partial charge in [0, 0.05) is 113 Å². The zero-order chi connectivity index (χ0) is 69.9. The normalized spacial score (nSPS) is 13.1. The minimum Gasteiger partial charge on any atom is -0.870 e. The number of aromatic nitrogens is 3. The van der Waals surface area contributed by atoms with E-state index in [1.807, 2.05) is 188 Å². The summed E-state index contributed by atoms with van der Waals surface area (Å²) in [5.74, 6) is -3.59. The van der Waals surface area contributed by atoms with Crippen molar-refractivity contribution in [1.29, 1.82) is 0 Å². The molecular formula is C79H79BrKN6O13-3. The summed E-state index contributed by atoms with van der Waals surface area (Å²) in [4.78, 5) is 49.7. The number of alkyl halides is 1. The van der Waals surface area contributed by atoms with Gasteiger partial charge in [-0.05, 0) is 73.8 Å². The number of fused-ring (bicyclic) bond motifs is 6. The predicted octanol–water partition coefficient (Wildman–Crippen LogP) is 9.55. The molecule has 11 aromatic rings. The van der Waals surface area contributed by atoms with E-state index < -0.39 is 65.5 Å². The van der Waals surface area contributed by atoms with E-state index in [1.165, 1.54) is 5.56 Å². The van der Waals surface area contributed by atoms with Crippen LogP contribution < -0.4 is 66.7 Å². The van der Waals surface area contributed by atoms with Crippen molar-refractivity contribution < 1.29 is 116 Å². The molecule has 21 heteroatoms. The Morgan fingerprint density at radius 2 is 0.830 bits per heavy atom. The maximum atomic E-state index is 12.8. The van der Waals surface area contributed by atoms with Gasteiger partial charge in [0.2, 0.25) is 0 Å². The van der Waals surface area contributed by atoms with Crippen molar-refractivity contribution >= 4 is 84.8 Å². The number of hydrogen-bond donors (Lipinski definition) is 4. The molecule has 100 heavy (non-hydrogen) atoms. The van der Waals surface area contributed by atoms with Crippen LogP contribution >= 0.6 is 15.9 Å². The number of benzene rings is 8. The Labute approximate surface area is 632 Å². The molecule has 0 saturated carbocycles. The number of ether oxygens (including phenoxy) is 3. The molecule has 0 spiro atoms. The number of halogens is 1. The number of carbonyl (C=O) groups is 3. The zero-order valence-electron chi connectivity index (χ0n) is 56.8. The Morgan fingerprint density at radius 1 is 0.480 bits per heavy atom. The summed E-state index contributed by atoms with van der Waals surface area (Å²) in [6.07, 6.45) is 3.37. The SMILES string of the molecule is BrCc1ccccc1.CC(C)(C)OC([O-])=NC(Cc1c[nH]c2ccccc12)C(=O)O.CC(C)(C)OC([O-])=NC(Cc1cn(Cc2ccccc2)c2ccccc12)C(=O)O.O=C(O)C(Cc1cn(Cc2ccccc2)c2ccccc12)N=C([O-])OCC1c2ccccc2-c2ccccc21.[K+].[OH-]. The molecule has 3 heterocycles. The number of aliphatic carboxylic acids is 3. The Bertz CT molecular complexity index is 4530. The maximum absolute atomic E-state index is 12.8. The van der Waals surface area contributed by atoms with Crippen LogP contribution in [0.4, 0.5) is 0 Å². The fourth-order valence-electron chi connectivity index (χ4n) is 11.4. The molecule has 5 N–H and O–H groups in total. The van der Waals surface area contributed by atoms with Gasteiger partial charge in [0.15, 0.2) is 18.1 Å². The van der Waals surface area contributed by atoms with Gasteiger partial charge >= 0.3 is 69.3 Å². The first-order chi connectivity index (χ1) is 47.0. The fraction of sp³-hybridized carbons (Fsp3) is 0.241. The van der Waals surface area contributed by atoms with Crippen LogP contribution in [0.3, 0.4) is 0 Å². The average molecular weight is 1440 g/mol. The summed E-state index contributed by atoms with van der Waals surface area (Å²) in [5.41, 5.74) is 12.0. The predicted molar refractivity (Wildman–Crippen MR) is 383 cm³/mol. The number of nitrogens with zero attached hydrogens (tertiary/aromatic N) is 5. The molecule has 0 amide bonds. The molecule has 0 bridgehead atoms. The summed E-state index contributed by atoms with van der Waals surface area (Å²) in [5, 5.41) is 69.1. The van der Waals surface area contributed by atoms with E-state index in [1.54, 1.807) is 47.7 Å². The van der Waals surface area contributed by atoms with Gasteiger partial charge in [0.1, 0.15) is 18.3 Å². The van der Waals surface area contributed by atoms with Gasteiger partial charge in [0.05, 0.1) is 0 Å². The molecule has 514 valence electrons. The van der Waals surface area contributed by atoms with Crippen molar-refractivity contribution in [3.8, 4) is 11.1 Å². The second kappa shape index (κ2) is 36.7. The molecule has 12 rings (SSSR count). The van der Waals surface area contributed by atoms with Crippen molar-refractivity contribution in [2.75, 3.05) is 6.61 Å². The molecule has 3 aromatic heterocycles. The Balaban J connectivity index is 0.000000204. The quantitative estimate of drug-likeness (QED) is 0.0254. The van der Waals surface area contributed by atoms with Gasteiger partial charge in [-0.1, -0.05) is 252 Å². The van der Waals surface area contributed by atoms with Crippen LogP contribution in [0.1, 0.15) is 92.0 Å². The van der Waals surface area contributed by atoms with Crippen LogP contribution in [0.15, 0.2) is 246 Å². The number of nitrogens with one attached hydrogen (secondary N) is 1. The van der Waals surface area contributed by atoms with E-state index in [9.17, 15) is 45.0 Å². The Morgan fingerprint density at radius 3 is 1.23 bits per heavy atom. The summed E-state index contributed by atoms with van der Waals surface area (Å²) >= 11 is 3.36. The molecule has 0 saturated heterocycles. The monoisotopic (exact) mass is 1440 g/mol. The number of aliphatic imine (C=N–C) groups is 3. The van der Waals surface area contributed by atoms with Gasteiger partial charge < -0.3 is 64.4 Å². The first-order valence-electron chi connectivity index (χ1n) is 32.0. The topological polar surface area (TPSA) is 302 Å². The van der Waals surface area contributed by atoms with Gasteiger partial charge in [-0.2, -0.15) is 0 Å². The summed E-state index contributed by atoms with van der Waals surface area (Å²) < 4.78 is 20.0. The number of carboxylic acid groups (broad SMARTS) is 3. The van der Waals surface area contributed by atoms with Gasteiger partial charge in [-0.25, -0.2) is 14.4 Å². The molecule has 19 nitrogen and oxygen atoms in total. The molecule has 0 fully saturated rings. The van der Waals surface area contributed by atoms with E-state index in [0.717, 1.165) is 88.1 Å². The van der Waals surface area contributed by atoms with Crippen molar-refractivity contribution in [3.63, 3.8) is 0 Å². The van der Waals surface area contributed by atoms with E-state index in [-0.39, 0.29) is 88.6 Å². The summed E-state index contributed by atoms with van der Waals surface area (Å²) in [6, 6.07) is 66.2. The number of H-pyrrole nitrogens is 1. The number of aromatic amines is 1. The van der Waals surface area contributed by atoms with E-state index in [4.69, 9.17) is 14.2 Å². The van der Waals surface area contributed by atoms with Crippen LogP contribution in [0.2, 0.25) is 0 Å². The fourth-order valence-corrected chi connectivity index (χ4v) is 11.8. The molecule has 8 aromatic carbocycles. The van der Waals surface area contributed by atoms with E-state index >= 15 is 0 Å². The van der Waals surface area contributed by atoms with Crippen LogP contribution in [0.5, 0.6) is 0 Å². The van der Waals surface area contributed by atoms with Crippen molar-refractivity contribution in [2.24, 2.45) is 15.0 Å². The average Bonchev–Trinajstić information content (AvgIpc) is 1.65. The van der Waals surface area contributed by atoms with Crippen LogP contribution in [0.25, 0.3) is 43.8 Å². The van der Waals surface area contributed by atoms with Crippen LogP contribution in [0, 0.1) is 0 Å². The minimum atomic E-state index is -1.25. The van der Waals surface area contributed by atoms with E-state index in [0.29, 0.717) is 13.1 Å². The van der Waals surface area contributed by atoms with E-state index in [2.05, 4.69) is 81.4 Å². The standard InChI is InChI=1S/C33H28N2O4.C23H26N2O4.C16H20N2O4.C7H7Br.K.H2O/c36-32(37)30(18-23-20-35(19-22-10-2-1-3-11-22)31-17-9-8-12-24(23)31)34-33(38)39-21-29-27-15-6-4-13-25(27)26-14-5-7-16-28(26)29;1-23(2,3)29-22(28)24-19(21(26)27)13-17-15-25(14-16-9-5-4-6-10-16)20-12-8-7-11-18(17)20;1-16(2,3)22-15(21)18-13(14(19)20)8-10-9-17-12-7-5-4-6-11(10)12;8-6-7-4-2-1-3-5-7;;/h1-17,20,29-30H,18-19,21H2,(H,34,38)(H,36,37);4-12,15,19H,13-14H2,1-3H3,(H,24,28)(H,26,27);4-7,9,13,17H,8H2,1-3H3,(H,18,21)(H,19,20);1-5H,6H2;;1H2/q;;;;+1;/p-4. The number of carboxylic acids is 3. The molecule has 0 aliphatic heterocycles. The number of rotatable bonds is 19. The molecule has 1 aliphatic rings. The van der Waals surface area contributed by atoms with Crippen LogP contribution in [-0.4, -0.2) is 107 Å². The Hall–Kier alpha value is -9.32. The first-order valence-corrected chi connectivity index (χ1v) is 33.1. The maximum Gasteiger partial charge on any atom is 1.00 e. The molecule has 0 radical (unpaired) electrons. The molecule has 3 atom stereocenters. The Kier molecular flexibility index (Phi) is 28.6. The van der Waals surface area contributed by atoms with Gasteiger partial charge in [-0.15, -0.1) is 0 Å². The summed E-state index contributed by atoms with van der Waals surface area (Å²) in [7, 11) is 0. The van der Waals surface area contributed by atoms with Gasteiger partial charge in [0.25, 0.3) is 0 Å². The smallest absolute Gasteiger partial charge is 0.870 e. The third kappa shape index (κ3) is 22.1. The number of hydrogen-bond acceptors (Lipinski definition) is 13. The third-order valence-corrected chi connectivity index (χ3v) is 16.5. The van der Waals surface area contributed by atoms with Crippen molar-refractivity contribution in [2.45, 2.75) is 114 Å². The zero-order valence-corrected chi connectivity index (χ0v) is 61.5. The van der Waals surface area contributed by atoms with Gasteiger partial charge in [-0.3, -0.25) is 15.0 Å². The first kappa shape index (κ1) is 78.0. The minimum absolute atomic E-state index is 0. The molecular weight excluding hydrogens is 1360 g/mol. The molecule has 3 unspecified atom stereocenters. The second-order valence-electron chi connectivity index (χ2n) is 25.4. The molecule has 1 aliphatic carbocycles. The van der Waals surface area contributed by atoms with Crippen LogP contribution in [-0.2, 0) is 66.3 Å². The summed E-state index contributed by atoms with van der Waals surface area (Å²) in [6.45, 7) is 11.7. The number of para-hydroxylation sites is 3. The van der Waals surface area contributed by atoms with Crippen molar-refractivity contribution in [1.82, 2.24) is 14.1 Å². The van der Waals surface area contributed by atoms with Crippen molar-refractivity contribution in [3.05, 3.63) is 275 Å².